The molecule has 0 amide bonds. The van der Waals surface area contributed by atoms with Gasteiger partial charge in [0, 0.05) is 17.2 Å². The fourth-order valence-corrected chi connectivity index (χ4v) is 2.59. The van der Waals surface area contributed by atoms with Gasteiger partial charge in [-0.25, -0.2) is 4.98 Å². The van der Waals surface area contributed by atoms with Crippen molar-refractivity contribution in [3.8, 4) is 39.9 Å². The Kier molecular flexibility index (Phi) is 4.62. The number of methoxy groups -OCH3 is 3. The van der Waals surface area contributed by atoms with E-state index in [0.29, 0.717) is 28.1 Å². The summed E-state index contributed by atoms with van der Waals surface area (Å²) in [6.45, 7) is 0. The fraction of sp³-hybridized carbons (Fsp3) is 0.167. The molecule has 0 saturated heterocycles. The van der Waals surface area contributed by atoms with E-state index in [1.807, 2.05) is 24.3 Å². The summed E-state index contributed by atoms with van der Waals surface area (Å²) < 4.78 is 16.2. The Labute approximate surface area is 145 Å². The van der Waals surface area contributed by atoms with Crippen LogP contribution in [-0.2, 0) is 0 Å². The van der Waals surface area contributed by atoms with Crippen molar-refractivity contribution in [3.63, 3.8) is 0 Å². The molecule has 0 aliphatic carbocycles. The highest BCUT2D eigenvalue weighted by Crippen LogP contribution is 2.41. The van der Waals surface area contributed by atoms with Gasteiger partial charge in [0.15, 0.2) is 0 Å². The van der Waals surface area contributed by atoms with Gasteiger partial charge >= 0.3 is 0 Å². The van der Waals surface area contributed by atoms with Gasteiger partial charge in [0.2, 0.25) is 0 Å². The summed E-state index contributed by atoms with van der Waals surface area (Å²) in [5.74, 6) is 2.53. The van der Waals surface area contributed by atoms with Crippen LogP contribution in [0.4, 0.5) is 0 Å². The molecule has 0 unspecified atom stereocenters. The van der Waals surface area contributed by atoms with Crippen LogP contribution in [0.1, 0.15) is 0 Å². The monoisotopic (exact) mass is 344 g/mol. The predicted molar refractivity (Wildman–Crippen MR) is 94.1 cm³/mol. The SMILES string of the molecule is COc1cc(OC)c(-c2ncc(-c3ccc(Cl)cc3)[nH]2)c(OC)c1. The lowest BCUT2D eigenvalue weighted by atomic mass is 10.1. The van der Waals surface area contributed by atoms with Crippen molar-refractivity contribution in [2.45, 2.75) is 0 Å². The highest BCUT2D eigenvalue weighted by atomic mass is 35.5. The molecular formula is C18H17ClN2O3. The number of nitrogens with one attached hydrogen (secondary N) is 1. The van der Waals surface area contributed by atoms with Gasteiger partial charge < -0.3 is 19.2 Å². The largest absolute Gasteiger partial charge is 0.496 e. The Morgan fingerprint density at radius 3 is 2.08 bits per heavy atom. The highest BCUT2D eigenvalue weighted by Gasteiger charge is 2.18. The van der Waals surface area contributed by atoms with Crippen molar-refractivity contribution in [1.82, 2.24) is 9.97 Å². The molecule has 0 spiro atoms. The summed E-state index contributed by atoms with van der Waals surface area (Å²) in [6.07, 6.45) is 1.77. The molecule has 2 aromatic carbocycles. The van der Waals surface area contributed by atoms with E-state index in [4.69, 9.17) is 25.8 Å². The molecule has 0 aliphatic rings. The molecule has 3 aromatic rings. The van der Waals surface area contributed by atoms with Crippen molar-refractivity contribution in [2.24, 2.45) is 0 Å². The molecule has 3 rings (SSSR count). The number of halogens is 1. The molecule has 0 saturated carbocycles. The molecule has 1 N–H and O–H groups in total. The molecule has 6 heteroatoms. The number of H-pyrrole nitrogens is 1. The standard InChI is InChI=1S/C18H17ClN2O3/c1-22-13-8-15(23-2)17(16(9-13)24-3)18-20-10-14(21-18)11-4-6-12(19)7-5-11/h4-10H,1-3H3,(H,20,21). The number of ether oxygens (including phenoxy) is 3. The average Bonchev–Trinajstić information content (AvgIpc) is 3.10. The number of hydrogen-bond donors (Lipinski definition) is 1. The Balaban J connectivity index is 2.08. The lowest BCUT2D eigenvalue weighted by molar-refractivity contribution is 0.377. The van der Waals surface area contributed by atoms with Crippen molar-refractivity contribution in [3.05, 3.63) is 47.6 Å². The molecule has 0 radical (unpaired) electrons. The van der Waals surface area contributed by atoms with Crippen molar-refractivity contribution < 1.29 is 14.2 Å². The second kappa shape index (κ2) is 6.84. The highest BCUT2D eigenvalue weighted by molar-refractivity contribution is 6.30. The average molecular weight is 345 g/mol. The Bertz CT molecular complexity index is 819. The smallest absolute Gasteiger partial charge is 0.145 e. The molecule has 0 aliphatic heterocycles. The lowest BCUT2D eigenvalue weighted by Crippen LogP contribution is -1.96. The van der Waals surface area contributed by atoms with Gasteiger partial charge in [-0.15, -0.1) is 0 Å². The van der Waals surface area contributed by atoms with Crippen molar-refractivity contribution in [2.75, 3.05) is 21.3 Å². The van der Waals surface area contributed by atoms with E-state index in [1.54, 1.807) is 39.7 Å². The first-order valence-electron chi connectivity index (χ1n) is 7.27. The Morgan fingerprint density at radius 2 is 1.54 bits per heavy atom. The fourth-order valence-electron chi connectivity index (χ4n) is 2.46. The van der Waals surface area contributed by atoms with E-state index in [2.05, 4.69) is 9.97 Å². The molecule has 124 valence electrons. The van der Waals surface area contributed by atoms with Gasteiger partial charge in [0.1, 0.15) is 28.6 Å². The zero-order valence-electron chi connectivity index (χ0n) is 13.6. The van der Waals surface area contributed by atoms with Crippen LogP contribution < -0.4 is 14.2 Å². The minimum absolute atomic E-state index is 0.614. The minimum Gasteiger partial charge on any atom is -0.496 e. The van der Waals surface area contributed by atoms with Gasteiger partial charge in [-0.3, -0.25) is 0 Å². The maximum atomic E-state index is 5.94. The minimum atomic E-state index is 0.614. The van der Waals surface area contributed by atoms with Crippen molar-refractivity contribution in [1.29, 1.82) is 0 Å². The van der Waals surface area contributed by atoms with Crippen LogP contribution in [0.3, 0.4) is 0 Å². The van der Waals surface area contributed by atoms with Crippen molar-refractivity contribution >= 4 is 11.6 Å². The molecule has 1 aromatic heterocycles. The van der Waals surface area contributed by atoms with Crippen LogP contribution in [0.2, 0.25) is 5.02 Å². The van der Waals surface area contributed by atoms with Gasteiger partial charge in [0.25, 0.3) is 0 Å². The summed E-state index contributed by atoms with van der Waals surface area (Å²) in [4.78, 5) is 7.77. The molecule has 0 fully saturated rings. The van der Waals surface area contributed by atoms with Crippen LogP contribution in [0.25, 0.3) is 22.6 Å². The second-order valence-corrected chi connectivity index (χ2v) is 5.50. The molecule has 1 heterocycles. The van der Waals surface area contributed by atoms with Crippen LogP contribution in [0.5, 0.6) is 17.2 Å². The molecule has 0 bridgehead atoms. The zero-order valence-corrected chi connectivity index (χ0v) is 14.3. The first-order valence-corrected chi connectivity index (χ1v) is 7.65. The first kappa shape index (κ1) is 16.2. The van der Waals surface area contributed by atoms with E-state index in [0.717, 1.165) is 16.8 Å². The van der Waals surface area contributed by atoms with Gasteiger partial charge in [0.05, 0.1) is 33.2 Å². The number of benzene rings is 2. The summed E-state index contributed by atoms with van der Waals surface area (Å²) >= 11 is 5.94. The van der Waals surface area contributed by atoms with E-state index >= 15 is 0 Å². The summed E-state index contributed by atoms with van der Waals surface area (Å²) in [7, 11) is 4.79. The quantitative estimate of drug-likeness (QED) is 0.744. The third-order valence-electron chi connectivity index (χ3n) is 3.68. The van der Waals surface area contributed by atoms with Crippen LogP contribution in [-0.4, -0.2) is 31.3 Å². The zero-order chi connectivity index (χ0) is 17.1. The van der Waals surface area contributed by atoms with Crippen LogP contribution in [0.15, 0.2) is 42.6 Å². The molecule has 5 nitrogen and oxygen atoms in total. The Morgan fingerprint density at radius 1 is 0.917 bits per heavy atom. The lowest BCUT2D eigenvalue weighted by Gasteiger charge is -2.13. The first-order chi connectivity index (χ1) is 11.7. The third kappa shape index (κ3) is 3.03. The summed E-state index contributed by atoms with van der Waals surface area (Å²) in [5.41, 5.74) is 2.60. The number of nitrogens with zero attached hydrogens (tertiary/aromatic N) is 1. The van der Waals surface area contributed by atoms with Crippen LogP contribution >= 0.6 is 11.6 Å². The van der Waals surface area contributed by atoms with Gasteiger partial charge in [-0.05, 0) is 17.7 Å². The number of aromatic amines is 1. The van der Waals surface area contributed by atoms with Gasteiger partial charge in [-0.1, -0.05) is 23.7 Å². The van der Waals surface area contributed by atoms with Crippen LogP contribution in [0, 0.1) is 0 Å². The number of imidazole rings is 1. The maximum Gasteiger partial charge on any atom is 0.145 e. The predicted octanol–water partition coefficient (Wildman–Crippen LogP) is 4.42. The third-order valence-corrected chi connectivity index (χ3v) is 3.93. The number of hydrogen-bond acceptors (Lipinski definition) is 4. The number of aromatic nitrogens is 2. The molecule has 0 atom stereocenters. The second-order valence-electron chi connectivity index (χ2n) is 5.06. The summed E-state index contributed by atoms with van der Waals surface area (Å²) in [5, 5.41) is 0.692. The normalized spacial score (nSPS) is 10.5. The number of rotatable bonds is 5. The maximum absolute atomic E-state index is 5.94. The summed E-state index contributed by atoms with van der Waals surface area (Å²) in [6, 6.07) is 11.1. The van der Waals surface area contributed by atoms with Gasteiger partial charge in [-0.2, -0.15) is 0 Å². The topological polar surface area (TPSA) is 56.4 Å². The molecular weight excluding hydrogens is 328 g/mol. The molecule has 24 heavy (non-hydrogen) atoms. The van der Waals surface area contributed by atoms with E-state index in [9.17, 15) is 0 Å². The van der Waals surface area contributed by atoms with E-state index in [-0.39, 0.29) is 0 Å². The van der Waals surface area contributed by atoms with E-state index < -0.39 is 0 Å². The van der Waals surface area contributed by atoms with E-state index in [1.165, 1.54) is 0 Å². The Hall–Kier alpha value is -2.66.